The number of carbonyl (C=O) groups is 1. The van der Waals surface area contributed by atoms with Gasteiger partial charge >= 0.3 is 0 Å². The molecule has 1 saturated heterocycles. The molecule has 1 fully saturated rings. The van der Waals surface area contributed by atoms with Crippen molar-refractivity contribution >= 4 is 22.6 Å². The summed E-state index contributed by atoms with van der Waals surface area (Å²) < 4.78 is 4.54. The van der Waals surface area contributed by atoms with E-state index in [0.29, 0.717) is 6.54 Å². The van der Waals surface area contributed by atoms with Gasteiger partial charge in [0.05, 0.1) is 0 Å². The van der Waals surface area contributed by atoms with Crippen LogP contribution in [-0.4, -0.2) is 46.3 Å². The topological polar surface area (TPSA) is 49.3 Å². The summed E-state index contributed by atoms with van der Waals surface area (Å²) in [6.07, 6.45) is 1.69. The third kappa shape index (κ3) is 4.39. The van der Waals surface area contributed by atoms with Crippen molar-refractivity contribution < 1.29 is 4.79 Å². The molecule has 1 amide bonds. The maximum atomic E-state index is 12.8. The van der Waals surface area contributed by atoms with Gasteiger partial charge < -0.3 is 9.80 Å². The van der Waals surface area contributed by atoms with Gasteiger partial charge in [-0.2, -0.15) is 4.37 Å². The normalized spacial score (nSPS) is 14.8. The predicted octanol–water partition coefficient (Wildman–Crippen LogP) is 3.79. The molecule has 28 heavy (non-hydrogen) atoms. The minimum atomic E-state index is 0.115. The van der Waals surface area contributed by atoms with Crippen molar-refractivity contribution in [3.05, 3.63) is 77.1 Å². The Morgan fingerprint density at radius 1 is 1.00 bits per heavy atom. The Morgan fingerprint density at radius 3 is 2.57 bits per heavy atom. The zero-order valence-electron chi connectivity index (χ0n) is 16.0. The van der Waals surface area contributed by atoms with Crippen molar-refractivity contribution in [1.29, 1.82) is 0 Å². The summed E-state index contributed by atoms with van der Waals surface area (Å²) in [4.78, 5) is 21.7. The third-order valence-electron chi connectivity index (χ3n) is 5.01. The fraction of sp³-hybridized carbons (Fsp3) is 0.318. The van der Waals surface area contributed by atoms with Crippen molar-refractivity contribution in [2.45, 2.75) is 19.8 Å². The first kappa shape index (κ1) is 18.6. The molecule has 144 valence electrons. The van der Waals surface area contributed by atoms with Crippen LogP contribution in [0.5, 0.6) is 0 Å². The molecule has 6 heteroatoms. The van der Waals surface area contributed by atoms with E-state index in [2.05, 4.69) is 21.4 Å². The summed E-state index contributed by atoms with van der Waals surface area (Å²) in [5.41, 5.74) is 3.15. The highest BCUT2D eigenvalue weighted by molar-refractivity contribution is 7.09. The minimum Gasteiger partial charge on any atom is -0.345 e. The number of aromatic nitrogens is 2. The highest BCUT2D eigenvalue weighted by Crippen LogP contribution is 2.21. The number of carbonyl (C=O) groups excluding carboxylic acids is 1. The van der Waals surface area contributed by atoms with Crippen LogP contribution in [0.15, 0.2) is 54.6 Å². The number of aryl methyl sites for hydroxylation is 1. The molecule has 3 aromatic rings. The molecule has 2 aromatic carbocycles. The molecule has 0 bridgehead atoms. The van der Waals surface area contributed by atoms with Gasteiger partial charge in [0, 0.05) is 49.7 Å². The molecule has 0 aliphatic carbocycles. The number of benzene rings is 2. The van der Waals surface area contributed by atoms with Gasteiger partial charge in [0.15, 0.2) is 0 Å². The Bertz CT molecular complexity index is 923. The monoisotopic (exact) mass is 392 g/mol. The second kappa shape index (κ2) is 8.52. The van der Waals surface area contributed by atoms with Crippen LogP contribution in [0, 0.1) is 6.92 Å². The lowest BCUT2D eigenvalue weighted by Gasteiger charge is -2.21. The lowest BCUT2D eigenvalue weighted by atomic mass is 10.1. The average Bonchev–Trinajstić information content (AvgIpc) is 3.04. The molecule has 5 nitrogen and oxygen atoms in total. The van der Waals surface area contributed by atoms with Crippen LogP contribution in [0.25, 0.3) is 0 Å². The quantitative estimate of drug-likeness (QED) is 0.678. The summed E-state index contributed by atoms with van der Waals surface area (Å²) in [7, 11) is 0. The predicted molar refractivity (Wildman–Crippen MR) is 113 cm³/mol. The maximum absolute atomic E-state index is 12.8. The largest absolute Gasteiger partial charge is 0.345 e. The van der Waals surface area contributed by atoms with E-state index in [0.717, 1.165) is 49.0 Å². The van der Waals surface area contributed by atoms with Gasteiger partial charge in [0.1, 0.15) is 5.82 Å². The molecule has 0 N–H and O–H groups in total. The minimum absolute atomic E-state index is 0.115. The number of hydrogen-bond acceptors (Lipinski definition) is 5. The van der Waals surface area contributed by atoms with E-state index in [4.69, 9.17) is 4.98 Å². The second-order valence-electron chi connectivity index (χ2n) is 7.15. The zero-order valence-corrected chi connectivity index (χ0v) is 16.9. The van der Waals surface area contributed by atoms with Crippen LogP contribution in [0.3, 0.4) is 0 Å². The highest BCUT2D eigenvalue weighted by atomic mass is 32.1. The van der Waals surface area contributed by atoms with E-state index in [1.165, 1.54) is 22.7 Å². The van der Waals surface area contributed by atoms with E-state index < -0.39 is 0 Å². The van der Waals surface area contributed by atoms with Gasteiger partial charge in [-0.3, -0.25) is 4.79 Å². The zero-order chi connectivity index (χ0) is 19.3. The summed E-state index contributed by atoms with van der Waals surface area (Å²) in [5.74, 6) is 0.979. The summed E-state index contributed by atoms with van der Waals surface area (Å²) in [6.45, 7) is 5.21. The van der Waals surface area contributed by atoms with Crippen molar-refractivity contribution in [2.24, 2.45) is 0 Å². The number of amides is 1. The first-order chi connectivity index (χ1) is 13.7. The molecule has 1 aliphatic heterocycles. The first-order valence-electron chi connectivity index (χ1n) is 9.66. The summed E-state index contributed by atoms with van der Waals surface area (Å²) >= 11 is 1.45. The number of hydrogen-bond donors (Lipinski definition) is 0. The Morgan fingerprint density at radius 2 is 1.79 bits per heavy atom. The van der Waals surface area contributed by atoms with Crippen LogP contribution in [0.1, 0.15) is 33.7 Å². The molecule has 1 aromatic heterocycles. The number of anilines is 1. The Balaban J connectivity index is 1.39. The van der Waals surface area contributed by atoms with E-state index >= 15 is 0 Å². The Labute approximate surface area is 169 Å². The lowest BCUT2D eigenvalue weighted by molar-refractivity contribution is 0.0767. The highest BCUT2D eigenvalue weighted by Gasteiger charge is 2.22. The van der Waals surface area contributed by atoms with Crippen molar-refractivity contribution in [1.82, 2.24) is 14.3 Å². The molecule has 0 spiro atoms. The lowest BCUT2D eigenvalue weighted by Crippen LogP contribution is -2.35. The van der Waals surface area contributed by atoms with Crippen LogP contribution < -0.4 is 4.90 Å². The van der Waals surface area contributed by atoms with Gasteiger partial charge in [0.2, 0.25) is 5.13 Å². The van der Waals surface area contributed by atoms with Gasteiger partial charge in [-0.1, -0.05) is 48.0 Å². The molecule has 1 aliphatic rings. The Kier molecular flexibility index (Phi) is 5.67. The maximum Gasteiger partial charge on any atom is 0.253 e. The first-order valence-corrected chi connectivity index (χ1v) is 10.4. The fourth-order valence-electron chi connectivity index (χ4n) is 3.41. The van der Waals surface area contributed by atoms with Crippen LogP contribution in [0.2, 0.25) is 0 Å². The molecule has 0 saturated carbocycles. The molecule has 2 heterocycles. The van der Waals surface area contributed by atoms with E-state index in [9.17, 15) is 4.79 Å². The van der Waals surface area contributed by atoms with Gasteiger partial charge in [-0.25, -0.2) is 4.98 Å². The van der Waals surface area contributed by atoms with E-state index in [1.807, 2.05) is 54.3 Å². The molecule has 0 radical (unpaired) electrons. The second-order valence-corrected chi connectivity index (χ2v) is 7.88. The smallest absolute Gasteiger partial charge is 0.253 e. The average molecular weight is 393 g/mol. The van der Waals surface area contributed by atoms with Crippen LogP contribution in [-0.2, 0) is 6.42 Å². The summed E-state index contributed by atoms with van der Waals surface area (Å²) in [6, 6.07) is 18.1. The molecule has 4 rings (SSSR count). The summed E-state index contributed by atoms with van der Waals surface area (Å²) in [5, 5.41) is 0.954. The van der Waals surface area contributed by atoms with Crippen LogP contribution >= 0.6 is 11.5 Å². The fourth-order valence-corrected chi connectivity index (χ4v) is 4.15. The molecule has 0 atom stereocenters. The SMILES string of the molecule is Cc1ccc(C(=O)N2CCCN(c3nc(Cc4ccccc4)ns3)CC2)cc1. The Hall–Kier alpha value is -2.73. The van der Waals surface area contributed by atoms with Crippen LogP contribution in [0.4, 0.5) is 5.13 Å². The van der Waals surface area contributed by atoms with E-state index in [1.54, 1.807) is 0 Å². The van der Waals surface area contributed by atoms with Crippen molar-refractivity contribution in [3.63, 3.8) is 0 Å². The molecular weight excluding hydrogens is 368 g/mol. The third-order valence-corrected chi connectivity index (χ3v) is 5.83. The number of rotatable bonds is 4. The standard InChI is InChI=1S/C22H24N4OS/c1-17-8-10-19(11-9-17)21(27)25-12-5-13-26(15-14-25)22-23-20(24-28-22)16-18-6-3-2-4-7-18/h2-4,6-11H,5,12-16H2,1H3. The van der Waals surface area contributed by atoms with Gasteiger partial charge in [-0.15, -0.1) is 0 Å². The van der Waals surface area contributed by atoms with Gasteiger partial charge in [-0.05, 0) is 31.0 Å². The van der Waals surface area contributed by atoms with Gasteiger partial charge in [0.25, 0.3) is 5.91 Å². The molecular formula is C22H24N4OS. The number of nitrogens with zero attached hydrogens (tertiary/aromatic N) is 4. The van der Waals surface area contributed by atoms with Crippen molar-refractivity contribution in [2.75, 3.05) is 31.1 Å². The van der Waals surface area contributed by atoms with Crippen molar-refractivity contribution in [3.8, 4) is 0 Å². The molecule has 0 unspecified atom stereocenters. The van der Waals surface area contributed by atoms with E-state index in [-0.39, 0.29) is 5.91 Å².